The van der Waals surface area contributed by atoms with Crippen LogP contribution in [0.25, 0.3) is 11.4 Å². The first-order valence-electron chi connectivity index (χ1n) is 10.2. The van der Waals surface area contributed by atoms with Gasteiger partial charge in [0.05, 0.1) is 5.02 Å². The smallest absolute Gasteiger partial charge is 0.165 e. The number of hydrogen-bond acceptors (Lipinski definition) is 4. The molecular formula is C22H28ClN3O2. The lowest BCUT2D eigenvalue weighted by Gasteiger charge is -2.53. The molecule has 150 valence electrons. The Morgan fingerprint density at radius 3 is 2.46 bits per heavy atom. The molecule has 5 rings (SSSR count). The zero-order chi connectivity index (χ0) is 19.9. The summed E-state index contributed by atoms with van der Waals surface area (Å²) in [4.78, 5) is 11.3. The highest BCUT2D eigenvalue weighted by Crippen LogP contribution is 2.59. The number of carbonyl (C=O) groups excluding carboxylic acids is 1. The molecule has 5 nitrogen and oxygen atoms in total. The van der Waals surface area contributed by atoms with Crippen LogP contribution in [-0.2, 0) is 17.3 Å². The summed E-state index contributed by atoms with van der Waals surface area (Å²) in [7, 11) is 2.02. The molecule has 1 N–H and O–H groups in total. The van der Waals surface area contributed by atoms with E-state index in [1.165, 1.54) is 25.7 Å². The van der Waals surface area contributed by atoms with Gasteiger partial charge in [0.2, 0.25) is 0 Å². The van der Waals surface area contributed by atoms with Gasteiger partial charge in [-0.1, -0.05) is 11.6 Å². The summed E-state index contributed by atoms with van der Waals surface area (Å²) in [6, 6.07) is 4.97. The molecule has 6 heteroatoms. The molecule has 0 spiro atoms. The molecule has 0 atom stereocenters. The summed E-state index contributed by atoms with van der Waals surface area (Å²) in [6.45, 7) is 1.69. The summed E-state index contributed by atoms with van der Waals surface area (Å²) in [5.41, 5.74) is 1.33. The second-order valence-electron chi connectivity index (χ2n) is 8.91. The van der Waals surface area contributed by atoms with Crippen molar-refractivity contribution >= 4 is 17.4 Å². The number of aromatic nitrogens is 3. The van der Waals surface area contributed by atoms with Gasteiger partial charge in [-0.2, -0.15) is 0 Å². The lowest BCUT2D eigenvalue weighted by atomic mass is 9.52. The molecule has 0 aliphatic heterocycles. The van der Waals surface area contributed by atoms with Gasteiger partial charge in [0.25, 0.3) is 0 Å². The standard InChI is InChI=1S/C22H28ClN3O2/c1-15(27)4-3-7-21-8-11-22(12-9-21,13-10-21)20-25-24-19(26(20)2)17-6-5-16(28)14-18(17)23/h5-6,14,28H,3-4,7-13H2,1-2H3. The lowest BCUT2D eigenvalue weighted by Crippen LogP contribution is -2.45. The number of Topliss-reactive ketones (excluding diaryl/α,β-unsaturated/α-hetero) is 1. The first kappa shape index (κ1) is 19.4. The SMILES string of the molecule is CC(=O)CCCC12CCC(c3nnc(-c4ccc(O)cc4Cl)n3C)(CC1)CC2. The molecule has 1 aromatic heterocycles. The van der Waals surface area contributed by atoms with E-state index in [-0.39, 0.29) is 11.2 Å². The second kappa shape index (κ2) is 7.18. The van der Waals surface area contributed by atoms with Gasteiger partial charge in [0.15, 0.2) is 5.82 Å². The van der Waals surface area contributed by atoms with Gasteiger partial charge in [-0.3, -0.25) is 0 Å². The van der Waals surface area contributed by atoms with Crippen LogP contribution in [0.4, 0.5) is 0 Å². The maximum absolute atomic E-state index is 11.3. The number of phenols is 1. The summed E-state index contributed by atoms with van der Waals surface area (Å²) < 4.78 is 2.09. The molecule has 3 fully saturated rings. The fourth-order valence-electron chi connectivity index (χ4n) is 5.40. The molecule has 3 aliphatic rings. The van der Waals surface area contributed by atoms with Crippen molar-refractivity contribution in [3.8, 4) is 17.1 Å². The number of nitrogens with zero attached hydrogens (tertiary/aromatic N) is 3. The van der Waals surface area contributed by atoms with Crippen LogP contribution < -0.4 is 0 Å². The molecule has 0 amide bonds. The monoisotopic (exact) mass is 401 g/mol. The van der Waals surface area contributed by atoms with Crippen LogP contribution in [0.2, 0.25) is 5.02 Å². The molecule has 1 aromatic carbocycles. The number of carbonyl (C=O) groups is 1. The van der Waals surface area contributed by atoms with Crippen molar-refractivity contribution in [3.63, 3.8) is 0 Å². The van der Waals surface area contributed by atoms with E-state index in [1.807, 2.05) is 7.05 Å². The molecule has 2 bridgehead atoms. The van der Waals surface area contributed by atoms with Crippen molar-refractivity contribution in [2.24, 2.45) is 12.5 Å². The van der Waals surface area contributed by atoms with Crippen LogP contribution in [0.5, 0.6) is 5.75 Å². The number of hydrogen-bond donors (Lipinski definition) is 1. The van der Waals surface area contributed by atoms with Gasteiger partial charge >= 0.3 is 0 Å². The highest BCUT2D eigenvalue weighted by Gasteiger charge is 2.51. The fraction of sp³-hybridized carbons (Fsp3) is 0.591. The van der Waals surface area contributed by atoms with E-state index in [4.69, 9.17) is 11.6 Å². The summed E-state index contributed by atoms with van der Waals surface area (Å²) in [5, 5.41) is 19.2. The van der Waals surface area contributed by atoms with Crippen molar-refractivity contribution in [2.75, 3.05) is 0 Å². The first-order valence-corrected chi connectivity index (χ1v) is 10.6. The highest BCUT2D eigenvalue weighted by molar-refractivity contribution is 6.33. The molecule has 2 aromatic rings. The zero-order valence-electron chi connectivity index (χ0n) is 16.7. The summed E-state index contributed by atoms with van der Waals surface area (Å²) in [5.74, 6) is 2.26. The van der Waals surface area contributed by atoms with Gasteiger partial charge in [0, 0.05) is 24.4 Å². The fourth-order valence-corrected chi connectivity index (χ4v) is 5.66. The maximum Gasteiger partial charge on any atom is 0.165 e. The molecular weight excluding hydrogens is 374 g/mol. The minimum atomic E-state index is 0.103. The normalized spacial score (nSPS) is 26.5. The molecule has 28 heavy (non-hydrogen) atoms. The minimum absolute atomic E-state index is 0.103. The van der Waals surface area contributed by atoms with E-state index in [9.17, 15) is 9.90 Å². The molecule has 3 aliphatic carbocycles. The molecule has 0 unspecified atom stereocenters. The summed E-state index contributed by atoms with van der Waals surface area (Å²) in [6.07, 6.45) is 9.98. The first-order chi connectivity index (χ1) is 13.3. The Bertz CT molecular complexity index is 881. The predicted octanol–water partition coefficient (Wildman–Crippen LogP) is 5.19. The quantitative estimate of drug-likeness (QED) is 0.722. The molecule has 1 heterocycles. The van der Waals surface area contributed by atoms with Crippen molar-refractivity contribution < 1.29 is 9.90 Å². The Balaban J connectivity index is 1.54. The van der Waals surface area contributed by atoms with E-state index in [2.05, 4.69) is 14.8 Å². The predicted molar refractivity (Wildman–Crippen MR) is 109 cm³/mol. The van der Waals surface area contributed by atoms with Crippen molar-refractivity contribution in [2.45, 2.75) is 70.1 Å². The van der Waals surface area contributed by atoms with Crippen molar-refractivity contribution in [1.29, 1.82) is 0 Å². The van der Waals surface area contributed by atoms with Crippen LogP contribution in [-0.4, -0.2) is 25.7 Å². The third kappa shape index (κ3) is 3.34. The van der Waals surface area contributed by atoms with Crippen molar-refractivity contribution in [1.82, 2.24) is 14.8 Å². The topological polar surface area (TPSA) is 68.0 Å². The molecule has 3 saturated carbocycles. The Morgan fingerprint density at radius 1 is 1.18 bits per heavy atom. The number of ketones is 1. The van der Waals surface area contributed by atoms with Crippen LogP contribution in [0.15, 0.2) is 18.2 Å². The molecule has 0 radical (unpaired) electrons. The van der Waals surface area contributed by atoms with Crippen LogP contribution >= 0.6 is 11.6 Å². The Labute approximate surface area is 171 Å². The van der Waals surface area contributed by atoms with Gasteiger partial charge in [-0.15, -0.1) is 10.2 Å². The van der Waals surface area contributed by atoms with E-state index >= 15 is 0 Å². The maximum atomic E-state index is 11.3. The third-order valence-electron chi connectivity index (χ3n) is 7.18. The van der Waals surface area contributed by atoms with E-state index in [0.717, 1.165) is 42.9 Å². The Kier molecular flexibility index (Phi) is 4.98. The minimum Gasteiger partial charge on any atom is -0.508 e. The van der Waals surface area contributed by atoms with Crippen LogP contribution in [0.3, 0.4) is 0 Å². The van der Waals surface area contributed by atoms with Gasteiger partial charge in [0.1, 0.15) is 17.4 Å². The van der Waals surface area contributed by atoms with Crippen LogP contribution in [0, 0.1) is 5.41 Å². The van der Waals surface area contributed by atoms with Gasteiger partial charge in [-0.05, 0) is 81.9 Å². The number of halogens is 1. The van der Waals surface area contributed by atoms with Gasteiger partial charge < -0.3 is 14.5 Å². The largest absolute Gasteiger partial charge is 0.508 e. The van der Waals surface area contributed by atoms with E-state index < -0.39 is 0 Å². The number of aromatic hydroxyl groups is 1. The van der Waals surface area contributed by atoms with Crippen molar-refractivity contribution in [3.05, 3.63) is 29.0 Å². The Hall–Kier alpha value is -1.88. The van der Waals surface area contributed by atoms with Crippen LogP contribution in [0.1, 0.15) is 70.5 Å². The highest BCUT2D eigenvalue weighted by atomic mass is 35.5. The third-order valence-corrected chi connectivity index (χ3v) is 7.49. The second-order valence-corrected chi connectivity index (χ2v) is 9.31. The summed E-state index contributed by atoms with van der Waals surface area (Å²) >= 11 is 6.33. The van der Waals surface area contributed by atoms with E-state index in [0.29, 0.717) is 22.6 Å². The number of fused-ring (bicyclic) bond motifs is 3. The number of benzene rings is 1. The van der Waals surface area contributed by atoms with Gasteiger partial charge in [-0.25, -0.2) is 0 Å². The molecule has 0 saturated heterocycles. The average molecular weight is 402 g/mol. The average Bonchev–Trinajstić information content (AvgIpc) is 3.05. The lowest BCUT2D eigenvalue weighted by molar-refractivity contribution is -0.117. The Morgan fingerprint density at radius 2 is 1.86 bits per heavy atom. The number of rotatable bonds is 6. The van der Waals surface area contributed by atoms with E-state index in [1.54, 1.807) is 25.1 Å². The zero-order valence-corrected chi connectivity index (χ0v) is 17.4. The number of phenolic OH excluding ortho intramolecular Hbond substituents is 1.